The molecule has 1 aliphatic heterocycles. The zero-order valence-corrected chi connectivity index (χ0v) is 18.8. The van der Waals surface area contributed by atoms with Crippen molar-refractivity contribution in [2.45, 2.75) is 50.6 Å². The number of aromatic nitrogens is 1. The van der Waals surface area contributed by atoms with Gasteiger partial charge in [0.15, 0.2) is 0 Å². The monoisotopic (exact) mass is 451 g/mol. The van der Waals surface area contributed by atoms with Gasteiger partial charge in [-0.2, -0.15) is 0 Å². The fourth-order valence-electron chi connectivity index (χ4n) is 4.11. The number of halogens is 1. The lowest BCUT2D eigenvalue weighted by atomic mass is 9.85. The molecule has 0 saturated carbocycles. The van der Waals surface area contributed by atoms with Crippen molar-refractivity contribution in [1.29, 1.82) is 0 Å². The molecule has 0 spiro atoms. The number of thiazole rings is 1. The molecule has 0 bridgehead atoms. The minimum atomic E-state index is -0.472. The van der Waals surface area contributed by atoms with E-state index >= 15 is 0 Å². The fourth-order valence-corrected chi connectivity index (χ4v) is 5.04. The van der Waals surface area contributed by atoms with Gasteiger partial charge in [-0.05, 0) is 43.9 Å². The van der Waals surface area contributed by atoms with Crippen LogP contribution in [0.5, 0.6) is 0 Å². The summed E-state index contributed by atoms with van der Waals surface area (Å²) in [5, 5.41) is 7.05. The van der Waals surface area contributed by atoms with Crippen molar-refractivity contribution in [3.8, 4) is 10.6 Å². The molecule has 2 heterocycles. The van der Waals surface area contributed by atoms with Crippen molar-refractivity contribution >= 4 is 23.2 Å². The second-order valence-corrected chi connectivity index (χ2v) is 9.42. The summed E-state index contributed by atoms with van der Waals surface area (Å²) in [4.78, 5) is 30.1. The third-order valence-electron chi connectivity index (χ3n) is 5.87. The first-order valence-corrected chi connectivity index (χ1v) is 11.6. The van der Waals surface area contributed by atoms with Crippen LogP contribution in [0.3, 0.4) is 0 Å². The highest BCUT2D eigenvalue weighted by Gasteiger charge is 2.38. The minimum Gasteiger partial charge on any atom is -0.350 e. The molecule has 1 fully saturated rings. The summed E-state index contributed by atoms with van der Waals surface area (Å²) < 4.78 is 13.2. The van der Waals surface area contributed by atoms with Crippen LogP contribution in [-0.4, -0.2) is 22.3 Å². The number of hydrogen-bond donors (Lipinski definition) is 2. The Labute approximate surface area is 191 Å². The smallest absolute Gasteiger partial charge is 0.220 e. The van der Waals surface area contributed by atoms with Gasteiger partial charge in [0.05, 0.1) is 6.04 Å². The zero-order valence-electron chi connectivity index (χ0n) is 17.9. The van der Waals surface area contributed by atoms with Gasteiger partial charge in [-0.3, -0.25) is 9.59 Å². The van der Waals surface area contributed by atoms with E-state index in [0.29, 0.717) is 32.1 Å². The molecular formula is C25H26FN3O2S. The Morgan fingerprint density at radius 2 is 1.97 bits per heavy atom. The molecule has 1 saturated heterocycles. The second kappa shape index (κ2) is 9.61. The maximum Gasteiger partial charge on any atom is 0.220 e. The third-order valence-corrected chi connectivity index (χ3v) is 7.10. The van der Waals surface area contributed by atoms with E-state index in [0.717, 1.165) is 21.0 Å². The van der Waals surface area contributed by atoms with E-state index in [9.17, 15) is 14.0 Å². The van der Waals surface area contributed by atoms with E-state index in [2.05, 4.69) is 15.6 Å². The molecular weight excluding hydrogens is 425 g/mol. The van der Waals surface area contributed by atoms with Crippen molar-refractivity contribution in [3.05, 3.63) is 77.1 Å². The average Bonchev–Trinajstić information content (AvgIpc) is 3.42. The van der Waals surface area contributed by atoms with Gasteiger partial charge in [-0.1, -0.05) is 42.5 Å². The predicted molar refractivity (Wildman–Crippen MR) is 124 cm³/mol. The fraction of sp³-hybridized carbons (Fsp3) is 0.320. The normalized spacial score (nSPS) is 18.9. The molecule has 1 aromatic heterocycles. The lowest BCUT2D eigenvalue weighted by Gasteiger charge is -2.29. The standard InChI is InChI=1S/C25H26FN3O2S/c1-17(21-16-27-24(32-21)19-5-3-2-4-6-19)28-22(30)11-13-25(14-12-23(31)29-25)15-18-7-9-20(26)10-8-18/h2-10,16-17H,11-15H2,1H3,(H,28,30)(H,29,31). The maximum atomic E-state index is 13.2. The Balaban J connectivity index is 1.36. The molecule has 166 valence electrons. The molecule has 2 unspecified atom stereocenters. The van der Waals surface area contributed by atoms with Crippen LogP contribution in [0.15, 0.2) is 60.8 Å². The van der Waals surface area contributed by atoms with Crippen LogP contribution in [0.4, 0.5) is 4.39 Å². The van der Waals surface area contributed by atoms with Crippen molar-refractivity contribution in [2.24, 2.45) is 0 Å². The van der Waals surface area contributed by atoms with Crippen LogP contribution in [0, 0.1) is 5.82 Å². The van der Waals surface area contributed by atoms with Gasteiger partial charge in [0.25, 0.3) is 0 Å². The van der Waals surface area contributed by atoms with Gasteiger partial charge in [-0.15, -0.1) is 11.3 Å². The first kappa shape index (κ1) is 22.1. The van der Waals surface area contributed by atoms with Crippen LogP contribution >= 0.6 is 11.3 Å². The first-order chi connectivity index (χ1) is 15.4. The summed E-state index contributed by atoms with van der Waals surface area (Å²) in [6.07, 6.45) is 4.34. The van der Waals surface area contributed by atoms with E-state index in [4.69, 9.17) is 0 Å². The largest absolute Gasteiger partial charge is 0.350 e. The summed E-state index contributed by atoms with van der Waals surface area (Å²) in [5.41, 5.74) is 1.53. The molecule has 1 aliphatic rings. The van der Waals surface area contributed by atoms with Crippen LogP contribution in [0.2, 0.25) is 0 Å². The van der Waals surface area contributed by atoms with Gasteiger partial charge in [0, 0.05) is 35.0 Å². The molecule has 0 aliphatic carbocycles. The van der Waals surface area contributed by atoms with Crippen molar-refractivity contribution in [1.82, 2.24) is 15.6 Å². The number of carbonyl (C=O) groups excluding carboxylic acids is 2. The molecule has 0 radical (unpaired) electrons. The third kappa shape index (κ3) is 5.40. The van der Waals surface area contributed by atoms with Crippen LogP contribution in [0.1, 0.15) is 49.1 Å². The van der Waals surface area contributed by atoms with E-state index in [1.54, 1.807) is 23.5 Å². The van der Waals surface area contributed by atoms with Crippen LogP contribution in [0.25, 0.3) is 10.6 Å². The van der Waals surface area contributed by atoms with E-state index in [1.165, 1.54) is 12.1 Å². The SMILES string of the molecule is CC(NC(=O)CCC1(Cc2ccc(F)cc2)CCC(=O)N1)c1cnc(-c2ccccc2)s1. The number of rotatable bonds is 8. The lowest BCUT2D eigenvalue weighted by molar-refractivity contribution is -0.123. The van der Waals surface area contributed by atoms with E-state index in [1.807, 2.05) is 43.5 Å². The predicted octanol–water partition coefficient (Wildman–Crippen LogP) is 4.80. The molecule has 2 aromatic carbocycles. The van der Waals surface area contributed by atoms with Crippen molar-refractivity contribution in [2.75, 3.05) is 0 Å². The topological polar surface area (TPSA) is 71.1 Å². The number of nitrogens with one attached hydrogen (secondary N) is 2. The summed E-state index contributed by atoms with van der Waals surface area (Å²) in [5.74, 6) is -0.351. The average molecular weight is 452 g/mol. The van der Waals surface area contributed by atoms with Gasteiger partial charge < -0.3 is 10.6 Å². The second-order valence-electron chi connectivity index (χ2n) is 8.35. The van der Waals surface area contributed by atoms with Crippen LogP contribution < -0.4 is 10.6 Å². The molecule has 2 atom stereocenters. The molecule has 32 heavy (non-hydrogen) atoms. The molecule has 2 amide bonds. The Hall–Kier alpha value is -3.06. The summed E-state index contributed by atoms with van der Waals surface area (Å²) in [6.45, 7) is 1.95. The van der Waals surface area contributed by atoms with Gasteiger partial charge in [0.1, 0.15) is 10.8 Å². The minimum absolute atomic E-state index is 0.000936. The molecule has 7 heteroatoms. The highest BCUT2D eigenvalue weighted by atomic mass is 32.1. The number of amides is 2. The van der Waals surface area contributed by atoms with Gasteiger partial charge in [0.2, 0.25) is 11.8 Å². The Morgan fingerprint density at radius 1 is 1.22 bits per heavy atom. The maximum absolute atomic E-state index is 13.2. The molecule has 4 rings (SSSR count). The Bertz CT molecular complexity index is 1080. The molecule has 5 nitrogen and oxygen atoms in total. The summed E-state index contributed by atoms with van der Waals surface area (Å²) in [7, 11) is 0. The number of carbonyl (C=O) groups is 2. The Kier molecular flexibility index (Phi) is 6.65. The van der Waals surface area contributed by atoms with Crippen LogP contribution in [-0.2, 0) is 16.0 Å². The first-order valence-electron chi connectivity index (χ1n) is 10.8. The van der Waals surface area contributed by atoms with Gasteiger partial charge >= 0.3 is 0 Å². The highest BCUT2D eigenvalue weighted by Crippen LogP contribution is 2.31. The van der Waals surface area contributed by atoms with Crippen molar-refractivity contribution in [3.63, 3.8) is 0 Å². The molecule has 2 N–H and O–H groups in total. The summed E-state index contributed by atoms with van der Waals surface area (Å²) in [6, 6.07) is 16.1. The van der Waals surface area contributed by atoms with E-state index < -0.39 is 5.54 Å². The number of nitrogens with zero attached hydrogens (tertiary/aromatic N) is 1. The molecule has 3 aromatic rings. The van der Waals surface area contributed by atoms with Crippen molar-refractivity contribution < 1.29 is 14.0 Å². The highest BCUT2D eigenvalue weighted by molar-refractivity contribution is 7.15. The Morgan fingerprint density at radius 3 is 2.66 bits per heavy atom. The summed E-state index contributed by atoms with van der Waals surface area (Å²) >= 11 is 1.57. The lowest BCUT2D eigenvalue weighted by Crippen LogP contribution is -2.44. The number of hydrogen-bond acceptors (Lipinski definition) is 4. The van der Waals surface area contributed by atoms with E-state index in [-0.39, 0.29) is 23.7 Å². The number of benzene rings is 2. The quantitative estimate of drug-likeness (QED) is 0.517. The van der Waals surface area contributed by atoms with Gasteiger partial charge in [-0.25, -0.2) is 9.37 Å². The zero-order chi connectivity index (χ0) is 22.6.